The van der Waals surface area contributed by atoms with Gasteiger partial charge in [0.15, 0.2) is 18.3 Å². The molecule has 178 valence electrons. The lowest BCUT2D eigenvalue weighted by molar-refractivity contribution is -0.131. The van der Waals surface area contributed by atoms with Crippen molar-refractivity contribution in [3.8, 4) is 11.1 Å². The van der Waals surface area contributed by atoms with Crippen LogP contribution >= 0.6 is 0 Å². The van der Waals surface area contributed by atoms with Crippen LogP contribution in [0.5, 0.6) is 0 Å². The fourth-order valence-electron chi connectivity index (χ4n) is 5.40. The maximum absolute atomic E-state index is 14.0. The quantitative estimate of drug-likeness (QED) is 0.524. The van der Waals surface area contributed by atoms with Gasteiger partial charge in [0.2, 0.25) is 0 Å². The second-order valence-electron chi connectivity index (χ2n) is 9.15. The van der Waals surface area contributed by atoms with Crippen LogP contribution in [0.4, 0.5) is 20.3 Å². The van der Waals surface area contributed by atoms with Crippen LogP contribution < -0.4 is 16.8 Å². The van der Waals surface area contributed by atoms with Crippen LogP contribution in [0, 0.1) is 23.6 Å². The normalized spacial score (nSPS) is 23.9. The van der Waals surface area contributed by atoms with E-state index in [1.54, 1.807) is 21.7 Å². The minimum absolute atomic E-state index is 0.0240. The highest BCUT2D eigenvalue weighted by Crippen LogP contribution is 2.44. The zero-order valence-corrected chi connectivity index (χ0v) is 18.5. The molecular weight excluding hydrogens is 444 g/mol. The summed E-state index contributed by atoms with van der Waals surface area (Å²) in [5, 5.41) is 7.80. The molecule has 2 amide bonds. The van der Waals surface area contributed by atoms with Crippen LogP contribution in [0.25, 0.3) is 16.6 Å². The predicted octanol–water partition coefficient (Wildman–Crippen LogP) is 2.08. The van der Waals surface area contributed by atoms with Crippen molar-refractivity contribution in [2.45, 2.75) is 19.4 Å². The Bertz CT molecular complexity index is 1290. The SMILES string of the molecule is C[C@H]1[C@@H]2CN(C(=O)CF)C[C@H]2C[C@H]1Nc1c(C(N)=O)cnn2cc(-c3cnc(N)c(F)c3)cc12. The molecule has 5 N–H and O–H groups in total. The summed E-state index contributed by atoms with van der Waals surface area (Å²) in [6.45, 7) is 2.19. The van der Waals surface area contributed by atoms with Gasteiger partial charge in [-0.25, -0.2) is 18.3 Å². The molecule has 1 saturated heterocycles. The van der Waals surface area contributed by atoms with Crippen molar-refractivity contribution in [1.82, 2.24) is 19.5 Å². The molecule has 2 aliphatic rings. The lowest BCUT2D eigenvalue weighted by atomic mass is 9.93. The lowest BCUT2D eigenvalue weighted by Crippen LogP contribution is -2.34. The maximum Gasteiger partial charge on any atom is 0.253 e. The molecule has 9 nitrogen and oxygen atoms in total. The van der Waals surface area contributed by atoms with Gasteiger partial charge in [-0.3, -0.25) is 9.59 Å². The summed E-state index contributed by atoms with van der Waals surface area (Å²) in [6, 6.07) is 3.11. The van der Waals surface area contributed by atoms with Gasteiger partial charge in [0.05, 0.1) is 23.0 Å². The Balaban J connectivity index is 1.47. The number of anilines is 2. The third kappa shape index (κ3) is 3.61. The second kappa shape index (κ2) is 8.23. The molecule has 5 rings (SSSR count). The number of nitrogen functional groups attached to an aromatic ring is 1. The van der Waals surface area contributed by atoms with E-state index in [2.05, 4.69) is 22.3 Å². The molecule has 3 aromatic heterocycles. The topological polar surface area (TPSA) is 132 Å². The van der Waals surface area contributed by atoms with E-state index in [1.165, 1.54) is 18.5 Å². The van der Waals surface area contributed by atoms with Gasteiger partial charge >= 0.3 is 0 Å². The number of nitrogens with two attached hydrogens (primary N) is 2. The van der Waals surface area contributed by atoms with Crippen molar-refractivity contribution in [3.05, 3.63) is 42.1 Å². The van der Waals surface area contributed by atoms with Crippen LogP contribution in [0.15, 0.2) is 30.7 Å². The summed E-state index contributed by atoms with van der Waals surface area (Å²) in [7, 11) is 0. The number of hydrogen-bond donors (Lipinski definition) is 3. The first-order valence-corrected chi connectivity index (χ1v) is 11.1. The summed E-state index contributed by atoms with van der Waals surface area (Å²) in [4.78, 5) is 29.5. The third-order valence-electron chi connectivity index (χ3n) is 7.26. The van der Waals surface area contributed by atoms with Crippen LogP contribution in [0.1, 0.15) is 23.7 Å². The molecule has 0 aromatic carbocycles. The Morgan fingerprint density at radius 1 is 1.24 bits per heavy atom. The number of carbonyl (C=O) groups excluding carboxylic acids is 2. The molecule has 34 heavy (non-hydrogen) atoms. The molecular formula is C23H25F2N7O2. The molecule has 0 unspecified atom stereocenters. The van der Waals surface area contributed by atoms with Crippen LogP contribution in [0.3, 0.4) is 0 Å². The van der Waals surface area contributed by atoms with Gasteiger partial charge in [-0.2, -0.15) is 5.10 Å². The highest BCUT2D eigenvalue weighted by Gasteiger charge is 2.47. The zero-order valence-electron chi connectivity index (χ0n) is 18.5. The average molecular weight is 469 g/mol. The van der Waals surface area contributed by atoms with E-state index in [0.717, 1.165) is 6.42 Å². The molecule has 4 atom stereocenters. The number of pyridine rings is 1. The number of aromatic nitrogens is 3. The largest absolute Gasteiger partial charge is 0.381 e. The molecule has 0 bridgehead atoms. The number of nitrogens with zero attached hydrogens (tertiary/aromatic N) is 4. The molecule has 11 heteroatoms. The number of alkyl halides is 1. The second-order valence-corrected chi connectivity index (χ2v) is 9.15. The van der Waals surface area contributed by atoms with E-state index < -0.39 is 24.3 Å². The van der Waals surface area contributed by atoms with E-state index in [-0.39, 0.29) is 35.2 Å². The summed E-state index contributed by atoms with van der Waals surface area (Å²) >= 11 is 0. The molecule has 1 aliphatic carbocycles. The molecule has 3 aromatic rings. The lowest BCUT2D eigenvalue weighted by Gasteiger charge is -2.25. The Kier molecular flexibility index (Phi) is 5.34. The monoisotopic (exact) mass is 469 g/mol. The highest BCUT2D eigenvalue weighted by molar-refractivity contribution is 6.02. The summed E-state index contributed by atoms with van der Waals surface area (Å²) in [5.41, 5.74) is 13.7. The van der Waals surface area contributed by atoms with Crippen LogP contribution in [-0.2, 0) is 4.79 Å². The highest BCUT2D eigenvalue weighted by atomic mass is 19.1. The van der Waals surface area contributed by atoms with E-state index in [1.807, 2.05) is 0 Å². The van der Waals surface area contributed by atoms with E-state index in [9.17, 15) is 18.4 Å². The number of fused-ring (bicyclic) bond motifs is 2. The molecule has 1 aliphatic heterocycles. The van der Waals surface area contributed by atoms with Crippen molar-refractivity contribution in [1.29, 1.82) is 0 Å². The number of rotatable bonds is 5. The summed E-state index contributed by atoms with van der Waals surface area (Å²) in [6.07, 6.45) is 5.37. The molecule has 4 heterocycles. The molecule has 0 radical (unpaired) electrons. The van der Waals surface area contributed by atoms with E-state index in [4.69, 9.17) is 11.5 Å². The van der Waals surface area contributed by atoms with E-state index >= 15 is 0 Å². The van der Waals surface area contributed by atoms with Gasteiger partial charge < -0.3 is 21.7 Å². The van der Waals surface area contributed by atoms with Gasteiger partial charge in [-0.05, 0) is 36.3 Å². The minimum Gasteiger partial charge on any atom is -0.381 e. The first-order chi connectivity index (χ1) is 16.3. The number of carbonyl (C=O) groups is 2. The smallest absolute Gasteiger partial charge is 0.253 e. The number of amides is 2. The molecule has 0 spiro atoms. The minimum atomic E-state index is -0.976. The van der Waals surface area contributed by atoms with Crippen molar-refractivity contribution in [2.75, 3.05) is 30.8 Å². The molecule has 2 fully saturated rings. The van der Waals surface area contributed by atoms with Crippen LogP contribution in [-0.4, -0.2) is 57.1 Å². The maximum atomic E-state index is 14.0. The van der Waals surface area contributed by atoms with Crippen molar-refractivity contribution < 1.29 is 18.4 Å². The average Bonchev–Trinajstić information content (AvgIpc) is 3.50. The fraction of sp³-hybridized carbons (Fsp3) is 0.391. The van der Waals surface area contributed by atoms with Gasteiger partial charge in [0.25, 0.3) is 11.8 Å². The van der Waals surface area contributed by atoms with E-state index in [0.29, 0.717) is 35.4 Å². The Morgan fingerprint density at radius 2 is 2.03 bits per heavy atom. The standard InChI is InChI=1S/C23H25F2N7O2/c1-11-16-10-31(20(33)5-24)8-14(16)3-18(11)30-21-15(23(27)34)7-29-32-9-13(4-19(21)32)12-2-17(25)22(26)28-6-12/h2,4,6-7,9,11,14,16,18,30H,3,5,8,10H2,1H3,(H2,26,28)(H2,27,34)/t11-,14+,16-,18+/m0/s1. The number of halogens is 2. The number of likely N-dealkylation sites (tertiary alicyclic amines) is 1. The Hall–Kier alpha value is -3.76. The van der Waals surface area contributed by atoms with Gasteiger partial charge in [-0.1, -0.05) is 6.92 Å². The summed E-state index contributed by atoms with van der Waals surface area (Å²) in [5.74, 6) is -1.21. The number of hydrogen-bond acceptors (Lipinski definition) is 6. The van der Waals surface area contributed by atoms with Gasteiger partial charge in [0, 0.05) is 42.7 Å². The Labute approximate surface area is 194 Å². The number of nitrogens with one attached hydrogen (secondary N) is 1. The van der Waals surface area contributed by atoms with Crippen LogP contribution in [0.2, 0.25) is 0 Å². The first-order valence-electron chi connectivity index (χ1n) is 11.1. The van der Waals surface area contributed by atoms with Gasteiger partial charge in [0.1, 0.15) is 0 Å². The van der Waals surface area contributed by atoms with Crippen molar-refractivity contribution in [3.63, 3.8) is 0 Å². The number of primary amides is 1. The third-order valence-corrected chi connectivity index (χ3v) is 7.26. The Morgan fingerprint density at radius 3 is 2.71 bits per heavy atom. The van der Waals surface area contributed by atoms with Crippen molar-refractivity contribution >= 4 is 28.8 Å². The van der Waals surface area contributed by atoms with Gasteiger partial charge in [-0.15, -0.1) is 0 Å². The molecule has 1 saturated carbocycles. The predicted molar refractivity (Wildman–Crippen MR) is 122 cm³/mol. The zero-order chi connectivity index (χ0) is 24.1. The first kappa shape index (κ1) is 22.1. The summed E-state index contributed by atoms with van der Waals surface area (Å²) < 4.78 is 28.4. The van der Waals surface area contributed by atoms with Crippen molar-refractivity contribution in [2.24, 2.45) is 23.5 Å². The fourth-order valence-corrected chi connectivity index (χ4v) is 5.40.